The molecule has 1 saturated carbocycles. The highest BCUT2D eigenvalue weighted by atomic mass is 19.3. The lowest BCUT2D eigenvalue weighted by molar-refractivity contribution is -0.0920. The Balaban J connectivity index is 2.04. The van der Waals surface area contributed by atoms with Crippen LogP contribution in [-0.4, -0.2) is 20.9 Å². The number of nitrogens with zero attached hydrogens (tertiary/aromatic N) is 3. The van der Waals surface area contributed by atoms with Crippen molar-refractivity contribution < 1.29 is 8.78 Å². The van der Waals surface area contributed by atoms with Gasteiger partial charge in [0.15, 0.2) is 5.82 Å². The van der Waals surface area contributed by atoms with Crippen LogP contribution in [0.3, 0.4) is 0 Å². The number of nitrogens with two attached hydrogens (primary N) is 1. The Morgan fingerprint density at radius 1 is 1.53 bits per heavy atom. The Labute approximate surface area is 86.4 Å². The van der Waals surface area contributed by atoms with E-state index in [1.807, 2.05) is 0 Å². The van der Waals surface area contributed by atoms with Crippen LogP contribution >= 0.6 is 0 Å². The predicted octanol–water partition coefficient (Wildman–Crippen LogP) is 1.69. The first-order valence-electron chi connectivity index (χ1n) is 5.11. The summed E-state index contributed by atoms with van der Waals surface area (Å²) in [5, 5.41) is 7.26. The number of halogens is 2. The summed E-state index contributed by atoms with van der Waals surface area (Å²) >= 11 is 0. The number of hydrogen-bond acceptors (Lipinski definition) is 3. The highest BCUT2D eigenvalue weighted by Gasteiger charge is 2.41. The van der Waals surface area contributed by atoms with Crippen molar-refractivity contribution in [2.75, 3.05) is 5.73 Å². The summed E-state index contributed by atoms with van der Waals surface area (Å²) in [5.41, 5.74) is 5.37. The number of anilines is 1. The molecule has 1 aliphatic rings. The lowest BCUT2D eigenvalue weighted by Gasteiger charge is -2.30. The quantitative estimate of drug-likeness (QED) is 0.818. The minimum Gasteiger partial charge on any atom is -0.381 e. The first-order valence-corrected chi connectivity index (χ1v) is 5.11. The minimum atomic E-state index is -2.57. The number of rotatable bonds is 2. The van der Waals surface area contributed by atoms with Gasteiger partial charge in [0.2, 0.25) is 0 Å². The zero-order valence-corrected chi connectivity index (χ0v) is 8.37. The molecule has 15 heavy (non-hydrogen) atoms. The van der Waals surface area contributed by atoms with Crippen molar-refractivity contribution in [2.45, 2.75) is 38.2 Å². The van der Waals surface area contributed by atoms with E-state index in [4.69, 9.17) is 5.73 Å². The van der Waals surface area contributed by atoms with E-state index in [0.29, 0.717) is 12.8 Å². The average Bonchev–Trinajstić information content (AvgIpc) is 2.55. The molecule has 0 aliphatic heterocycles. The van der Waals surface area contributed by atoms with Crippen LogP contribution in [0.4, 0.5) is 14.6 Å². The average molecular weight is 216 g/mol. The third-order valence-corrected chi connectivity index (χ3v) is 2.87. The third-order valence-electron chi connectivity index (χ3n) is 2.87. The van der Waals surface area contributed by atoms with Crippen LogP contribution in [0, 0.1) is 5.92 Å². The van der Waals surface area contributed by atoms with Crippen LogP contribution in [0.15, 0.2) is 6.20 Å². The Morgan fingerprint density at radius 2 is 2.33 bits per heavy atom. The van der Waals surface area contributed by atoms with Gasteiger partial charge >= 0.3 is 0 Å². The standard InChI is InChI=1S/C9H14F2N4/c10-9(11)4-2-1-3-7(9)5-15-6-8(12)13-14-15/h6-7H,1-5,12H2. The molecule has 1 unspecified atom stereocenters. The van der Waals surface area contributed by atoms with Gasteiger partial charge in [0.05, 0.1) is 12.7 Å². The molecule has 2 rings (SSSR count). The van der Waals surface area contributed by atoms with Crippen LogP contribution in [0.5, 0.6) is 0 Å². The van der Waals surface area contributed by atoms with Gasteiger partial charge in [-0.15, -0.1) is 5.10 Å². The van der Waals surface area contributed by atoms with Crippen LogP contribution in [0.25, 0.3) is 0 Å². The van der Waals surface area contributed by atoms with Crippen molar-refractivity contribution in [1.82, 2.24) is 15.0 Å². The molecule has 1 aromatic heterocycles. The summed E-state index contributed by atoms with van der Waals surface area (Å²) in [5.74, 6) is -2.93. The first-order chi connectivity index (χ1) is 7.08. The van der Waals surface area contributed by atoms with E-state index >= 15 is 0 Å². The van der Waals surface area contributed by atoms with Gasteiger partial charge in [0.25, 0.3) is 5.92 Å². The Hall–Kier alpha value is -1.20. The van der Waals surface area contributed by atoms with Crippen molar-refractivity contribution in [2.24, 2.45) is 5.92 Å². The van der Waals surface area contributed by atoms with Crippen LogP contribution in [0.2, 0.25) is 0 Å². The summed E-state index contributed by atoms with van der Waals surface area (Å²) in [6.45, 7) is 0.206. The van der Waals surface area contributed by atoms with Gasteiger partial charge < -0.3 is 5.73 Å². The highest BCUT2D eigenvalue weighted by Crippen LogP contribution is 2.39. The normalized spacial score (nSPS) is 25.3. The SMILES string of the molecule is Nc1cn(CC2CCCCC2(F)F)nn1. The van der Waals surface area contributed by atoms with Crippen molar-refractivity contribution in [3.63, 3.8) is 0 Å². The van der Waals surface area contributed by atoms with Gasteiger partial charge in [-0.1, -0.05) is 11.6 Å². The van der Waals surface area contributed by atoms with E-state index in [-0.39, 0.29) is 18.8 Å². The van der Waals surface area contributed by atoms with Crippen molar-refractivity contribution in [1.29, 1.82) is 0 Å². The number of aromatic nitrogens is 3. The van der Waals surface area contributed by atoms with Crippen molar-refractivity contribution >= 4 is 5.82 Å². The molecule has 0 spiro atoms. The molecule has 0 saturated heterocycles. The molecule has 1 atom stereocenters. The smallest absolute Gasteiger partial charge is 0.252 e. The van der Waals surface area contributed by atoms with E-state index < -0.39 is 11.8 Å². The zero-order valence-electron chi connectivity index (χ0n) is 8.37. The molecule has 1 aliphatic carbocycles. The van der Waals surface area contributed by atoms with Gasteiger partial charge in [-0.2, -0.15) is 0 Å². The van der Waals surface area contributed by atoms with E-state index in [1.165, 1.54) is 10.9 Å². The van der Waals surface area contributed by atoms with Gasteiger partial charge in [-0.25, -0.2) is 13.5 Å². The molecular formula is C9H14F2N4. The zero-order chi connectivity index (χ0) is 10.9. The summed E-state index contributed by atoms with van der Waals surface area (Å²) in [7, 11) is 0. The maximum absolute atomic E-state index is 13.5. The predicted molar refractivity (Wildman–Crippen MR) is 51.3 cm³/mol. The molecule has 1 heterocycles. The topological polar surface area (TPSA) is 56.7 Å². The molecular weight excluding hydrogens is 202 g/mol. The second-order valence-corrected chi connectivity index (χ2v) is 4.07. The lowest BCUT2D eigenvalue weighted by Crippen LogP contribution is -2.34. The maximum atomic E-state index is 13.5. The summed E-state index contributed by atoms with van der Waals surface area (Å²) in [4.78, 5) is 0. The number of hydrogen-bond donors (Lipinski definition) is 1. The van der Waals surface area contributed by atoms with Gasteiger partial charge in [0.1, 0.15) is 0 Å². The molecule has 0 bridgehead atoms. The van der Waals surface area contributed by atoms with Gasteiger partial charge in [-0.05, 0) is 12.8 Å². The van der Waals surface area contributed by atoms with Crippen LogP contribution in [0.1, 0.15) is 25.7 Å². The first kappa shape index (κ1) is 10.3. The largest absolute Gasteiger partial charge is 0.381 e. The maximum Gasteiger partial charge on any atom is 0.252 e. The molecule has 0 aromatic carbocycles. The van der Waals surface area contributed by atoms with Crippen LogP contribution in [-0.2, 0) is 6.54 Å². The Kier molecular flexibility index (Phi) is 2.58. The minimum absolute atomic E-state index is 0.0121. The molecule has 6 heteroatoms. The van der Waals surface area contributed by atoms with Gasteiger partial charge in [0, 0.05) is 12.3 Å². The molecule has 1 aromatic rings. The fourth-order valence-corrected chi connectivity index (χ4v) is 2.02. The van der Waals surface area contributed by atoms with E-state index in [2.05, 4.69) is 10.3 Å². The lowest BCUT2D eigenvalue weighted by atomic mass is 9.85. The molecule has 84 valence electrons. The molecule has 2 N–H and O–H groups in total. The third kappa shape index (κ3) is 2.24. The molecule has 0 amide bonds. The summed E-state index contributed by atoms with van der Waals surface area (Å²) in [6, 6.07) is 0. The highest BCUT2D eigenvalue weighted by molar-refractivity contribution is 5.19. The van der Waals surface area contributed by atoms with Crippen LogP contribution < -0.4 is 5.73 Å². The van der Waals surface area contributed by atoms with Crippen molar-refractivity contribution in [3.05, 3.63) is 6.20 Å². The number of alkyl halides is 2. The van der Waals surface area contributed by atoms with Gasteiger partial charge in [-0.3, -0.25) is 0 Å². The summed E-state index contributed by atoms with van der Waals surface area (Å²) < 4.78 is 28.3. The fourth-order valence-electron chi connectivity index (χ4n) is 2.02. The molecule has 1 fully saturated rings. The van der Waals surface area contributed by atoms with Crippen molar-refractivity contribution in [3.8, 4) is 0 Å². The monoisotopic (exact) mass is 216 g/mol. The van der Waals surface area contributed by atoms with E-state index in [1.54, 1.807) is 0 Å². The Bertz CT molecular complexity index is 337. The number of nitrogen functional groups attached to an aromatic ring is 1. The van der Waals surface area contributed by atoms with E-state index in [9.17, 15) is 8.78 Å². The fraction of sp³-hybridized carbons (Fsp3) is 0.778. The Morgan fingerprint density at radius 3 is 2.93 bits per heavy atom. The second kappa shape index (κ2) is 3.75. The summed E-state index contributed by atoms with van der Waals surface area (Å²) in [6.07, 6.45) is 3.51. The van der Waals surface area contributed by atoms with E-state index in [0.717, 1.165) is 6.42 Å². The second-order valence-electron chi connectivity index (χ2n) is 4.07. The molecule has 4 nitrogen and oxygen atoms in total. The molecule has 0 radical (unpaired) electrons.